The van der Waals surface area contributed by atoms with Crippen LogP contribution in [-0.2, 0) is 0 Å². The molecule has 0 radical (unpaired) electrons. The van der Waals surface area contributed by atoms with Gasteiger partial charge in [0.25, 0.3) is 5.91 Å². The van der Waals surface area contributed by atoms with Crippen molar-refractivity contribution in [1.82, 2.24) is 15.1 Å². The molecule has 0 fully saturated rings. The number of hydrogen-bond donors (Lipinski definition) is 1. The lowest BCUT2D eigenvalue weighted by molar-refractivity contribution is 0.0988. The van der Waals surface area contributed by atoms with Crippen molar-refractivity contribution < 1.29 is 14.1 Å². The van der Waals surface area contributed by atoms with Crippen molar-refractivity contribution in [1.29, 1.82) is 0 Å². The number of rotatable bonds is 4. The van der Waals surface area contributed by atoms with Gasteiger partial charge < -0.3 is 14.6 Å². The van der Waals surface area contributed by atoms with Gasteiger partial charge in [0.15, 0.2) is 0 Å². The summed E-state index contributed by atoms with van der Waals surface area (Å²) in [6, 6.07) is 8.49. The molecular formula is C15H12N4O3. The fraction of sp³-hybridized carbons (Fsp3) is 0.0667. The number of carbonyl (C=O) groups is 1. The van der Waals surface area contributed by atoms with E-state index in [1.54, 1.807) is 43.5 Å². The van der Waals surface area contributed by atoms with Crippen LogP contribution in [0.15, 0.2) is 53.4 Å². The molecule has 0 saturated carbocycles. The van der Waals surface area contributed by atoms with Crippen molar-refractivity contribution in [3.8, 4) is 11.6 Å². The topological polar surface area (TPSA) is 90.1 Å². The molecule has 22 heavy (non-hydrogen) atoms. The molecule has 0 spiro atoms. The monoisotopic (exact) mass is 296 g/mol. The zero-order chi connectivity index (χ0) is 15.4. The molecule has 2 heterocycles. The third kappa shape index (κ3) is 3.26. The van der Waals surface area contributed by atoms with Gasteiger partial charge in [0.1, 0.15) is 5.75 Å². The van der Waals surface area contributed by atoms with E-state index in [1.807, 2.05) is 0 Å². The molecule has 0 saturated heterocycles. The third-order valence-electron chi connectivity index (χ3n) is 2.71. The third-order valence-corrected chi connectivity index (χ3v) is 2.71. The smallest absolute Gasteiger partial charge is 0.294 e. The summed E-state index contributed by atoms with van der Waals surface area (Å²) in [6.07, 6.45) is 4.60. The summed E-state index contributed by atoms with van der Waals surface area (Å²) in [5.41, 5.74) is 1.21. The Bertz CT molecular complexity index is 786. The van der Waals surface area contributed by atoms with Crippen LogP contribution in [0.1, 0.15) is 16.2 Å². The van der Waals surface area contributed by atoms with Crippen LogP contribution >= 0.6 is 0 Å². The maximum atomic E-state index is 12.0. The number of nitrogens with zero attached hydrogens (tertiary/aromatic N) is 3. The van der Waals surface area contributed by atoms with Crippen molar-refractivity contribution >= 4 is 11.6 Å². The van der Waals surface area contributed by atoms with Gasteiger partial charge in [0, 0.05) is 30.2 Å². The molecule has 0 aliphatic heterocycles. The predicted octanol–water partition coefficient (Wildman–Crippen LogP) is 2.82. The lowest BCUT2D eigenvalue weighted by Gasteiger charge is -2.07. The molecule has 1 N–H and O–H groups in total. The van der Waals surface area contributed by atoms with Gasteiger partial charge in [0.05, 0.1) is 11.9 Å². The molecule has 7 nitrogen and oxygen atoms in total. The lowest BCUT2D eigenvalue weighted by atomic mass is 10.3. The molecule has 0 aliphatic carbocycles. The van der Waals surface area contributed by atoms with Crippen molar-refractivity contribution in [2.75, 3.05) is 5.32 Å². The first-order valence-electron chi connectivity index (χ1n) is 6.49. The van der Waals surface area contributed by atoms with Crippen LogP contribution in [0.3, 0.4) is 0 Å². The van der Waals surface area contributed by atoms with Gasteiger partial charge in [-0.1, -0.05) is 11.2 Å². The average Bonchev–Trinajstić information content (AvgIpc) is 2.95. The van der Waals surface area contributed by atoms with E-state index in [4.69, 9.17) is 9.26 Å². The Morgan fingerprint density at radius 1 is 1.27 bits per heavy atom. The average molecular weight is 296 g/mol. The van der Waals surface area contributed by atoms with E-state index in [2.05, 4.69) is 20.4 Å². The minimum Gasteiger partial charge on any atom is -0.437 e. The molecule has 110 valence electrons. The molecule has 0 aliphatic rings. The maximum absolute atomic E-state index is 12.0. The summed E-state index contributed by atoms with van der Waals surface area (Å²) < 4.78 is 10.5. The van der Waals surface area contributed by atoms with Crippen LogP contribution in [-0.4, -0.2) is 21.0 Å². The van der Waals surface area contributed by atoms with Gasteiger partial charge in [0.2, 0.25) is 11.6 Å². The number of ether oxygens (including phenoxy) is 1. The van der Waals surface area contributed by atoms with E-state index in [-0.39, 0.29) is 11.7 Å². The number of aromatic nitrogens is 3. The Morgan fingerprint density at radius 3 is 2.91 bits per heavy atom. The second-order valence-electron chi connectivity index (χ2n) is 4.46. The first kappa shape index (κ1) is 13.7. The molecule has 1 aromatic carbocycles. The normalized spacial score (nSPS) is 10.2. The molecule has 3 rings (SSSR count). The second kappa shape index (κ2) is 6.04. The minimum absolute atomic E-state index is 0.151. The summed E-state index contributed by atoms with van der Waals surface area (Å²) in [6.45, 7) is 1.75. The number of amides is 1. The van der Waals surface area contributed by atoms with E-state index < -0.39 is 0 Å². The van der Waals surface area contributed by atoms with Gasteiger partial charge in [-0.3, -0.25) is 9.78 Å². The van der Waals surface area contributed by atoms with Crippen LogP contribution in [0.4, 0.5) is 5.69 Å². The van der Waals surface area contributed by atoms with Crippen LogP contribution in [0, 0.1) is 6.92 Å². The van der Waals surface area contributed by atoms with E-state index in [0.29, 0.717) is 23.0 Å². The fourth-order valence-electron chi connectivity index (χ4n) is 1.76. The van der Waals surface area contributed by atoms with Gasteiger partial charge in [-0.15, -0.1) is 0 Å². The number of anilines is 1. The van der Waals surface area contributed by atoms with Gasteiger partial charge >= 0.3 is 0 Å². The SMILES string of the molecule is Cc1cc(C(=O)Nc2cccc(Oc3cnccn3)c2)on1. The van der Waals surface area contributed by atoms with Crippen LogP contribution < -0.4 is 10.1 Å². The van der Waals surface area contributed by atoms with Gasteiger partial charge in [-0.25, -0.2) is 4.98 Å². The molecular weight excluding hydrogens is 284 g/mol. The molecule has 2 aromatic heterocycles. The highest BCUT2D eigenvalue weighted by molar-refractivity contribution is 6.02. The number of aryl methyl sites for hydroxylation is 1. The maximum Gasteiger partial charge on any atom is 0.294 e. The summed E-state index contributed by atoms with van der Waals surface area (Å²) in [5, 5.41) is 6.39. The number of nitrogens with one attached hydrogen (secondary N) is 1. The Morgan fingerprint density at radius 2 is 2.18 bits per heavy atom. The molecule has 0 bridgehead atoms. The van der Waals surface area contributed by atoms with Crippen LogP contribution in [0.2, 0.25) is 0 Å². The van der Waals surface area contributed by atoms with Crippen LogP contribution in [0.5, 0.6) is 11.6 Å². The summed E-state index contributed by atoms with van der Waals surface area (Å²) in [7, 11) is 0. The number of carbonyl (C=O) groups excluding carboxylic acids is 1. The summed E-state index contributed by atoms with van der Waals surface area (Å²) >= 11 is 0. The quantitative estimate of drug-likeness (QED) is 0.796. The molecule has 1 amide bonds. The number of benzene rings is 1. The van der Waals surface area contributed by atoms with Crippen molar-refractivity contribution in [3.05, 3.63) is 60.4 Å². The minimum atomic E-state index is -0.378. The first-order valence-corrected chi connectivity index (χ1v) is 6.49. The molecule has 7 heteroatoms. The Labute approximate surface area is 126 Å². The number of hydrogen-bond acceptors (Lipinski definition) is 6. The van der Waals surface area contributed by atoms with E-state index in [9.17, 15) is 4.79 Å². The standard InChI is InChI=1S/C15H12N4O3/c1-10-7-13(22-19-10)15(20)18-11-3-2-4-12(8-11)21-14-9-16-5-6-17-14/h2-9H,1H3,(H,18,20). The molecule has 0 atom stereocenters. The summed E-state index contributed by atoms with van der Waals surface area (Å²) in [5.74, 6) is 0.680. The summed E-state index contributed by atoms with van der Waals surface area (Å²) in [4.78, 5) is 19.9. The highest BCUT2D eigenvalue weighted by Gasteiger charge is 2.12. The van der Waals surface area contributed by atoms with Crippen molar-refractivity contribution in [2.45, 2.75) is 6.92 Å². The van der Waals surface area contributed by atoms with E-state index in [1.165, 1.54) is 12.4 Å². The highest BCUT2D eigenvalue weighted by atomic mass is 16.5. The lowest BCUT2D eigenvalue weighted by Crippen LogP contribution is -2.10. The zero-order valence-electron chi connectivity index (χ0n) is 11.7. The van der Waals surface area contributed by atoms with Gasteiger partial charge in [-0.2, -0.15) is 0 Å². The Kier molecular flexibility index (Phi) is 3.78. The second-order valence-corrected chi connectivity index (χ2v) is 4.46. The van der Waals surface area contributed by atoms with Crippen molar-refractivity contribution in [2.24, 2.45) is 0 Å². The molecule has 0 unspecified atom stereocenters. The van der Waals surface area contributed by atoms with Crippen molar-refractivity contribution in [3.63, 3.8) is 0 Å². The first-order chi connectivity index (χ1) is 10.7. The van der Waals surface area contributed by atoms with E-state index >= 15 is 0 Å². The molecule has 3 aromatic rings. The fourth-order valence-corrected chi connectivity index (χ4v) is 1.76. The Hall–Kier alpha value is -3.22. The van der Waals surface area contributed by atoms with Gasteiger partial charge in [-0.05, 0) is 19.1 Å². The highest BCUT2D eigenvalue weighted by Crippen LogP contribution is 2.22. The van der Waals surface area contributed by atoms with Crippen LogP contribution in [0.25, 0.3) is 0 Å². The zero-order valence-corrected chi connectivity index (χ0v) is 11.7. The largest absolute Gasteiger partial charge is 0.437 e. The predicted molar refractivity (Wildman–Crippen MR) is 77.7 cm³/mol. The van der Waals surface area contributed by atoms with E-state index in [0.717, 1.165) is 0 Å². The Balaban J connectivity index is 1.72.